The lowest BCUT2D eigenvalue weighted by molar-refractivity contribution is 0.775. The fourth-order valence-electron chi connectivity index (χ4n) is 6.04. The maximum absolute atomic E-state index is 6.66. The van der Waals surface area contributed by atoms with Gasteiger partial charge in [0, 0.05) is 10.0 Å². The molecule has 0 atom stereocenters. The van der Waals surface area contributed by atoms with Crippen molar-refractivity contribution >= 4 is 23.2 Å². The summed E-state index contributed by atoms with van der Waals surface area (Å²) in [5.41, 5.74) is 11.8. The van der Waals surface area contributed by atoms with E-state index in [1.165, 1.54) is 55.6 Å². The first-order valence-electron chi connectivity index (χ1n) is 11.1. The molecule has 5 aromatic carbocycles. The minimum absolute atomic E-state index is 0.521. The number of fused-ring (bicyclic) bond motifs is 12. The van der Waals surface area contributed by atoms with Crippen LogP contribution in [0.4, 0.5) is 0 Å². The normalized spacial score (nSPS) is 14.0. The zero-order valence-corrected chi connectivity index (χ0v) is 19.2. The van der Waals surface area contributed by atoms with Crippen LogP contribution in [0.5, 0.6) is 0 Å². The van der Waals surface area contributed by atoms with E-state index in [2.05, 4.69) is 97.1 Å². The Balaban J connectivity index is 1.78. The second-order valence-corrected chi connectivity index (χ2v) is 9.64. The molecule has 2 heteroatoms. The fraction of sp³-hybridized carbons (Fsp3) is 0.0323. The summed E-state index contributed by atoms with van der Waals surface area (Å²) in [4.78, 5) is 0. The van der Waals surface area contributed by atoms with E-state index < -0.39 is 5.41 Å². The Labute approximate surface area is 203 Å². The van der Waals surface area contributed by atoms with Gasteiger partial charge in [-0.2, -0.15) is 0 Å². The molecular weight excluding hydrogens is 443 g/mol. The first kappa shape index (κ1) is 19.2. The molecule has 33 heavy (non-hydrogen) atoms. The highest BCUT2D eigenvalue weighted by molar-refractivity contribution is 6.31. The summed E-state index contributed by atoms with van der Waals surface area (Å²) in [6.07, 6.45) is 0. The van der Waals surface area contributed by atoms with Gasteiger partial charge in [0.2, 0.25) is 0 Å². The molecule has 0 radical (unpaired) electrons. The Morgan fingerprint density at radius 1 is 0.364 bits per heavy atom. The number of hydrogen-bond donors (Lipinski definition) is 0. The van der Waals surface area contributed by atoms with Gasteiger partial charge < -0.3 is 0 Å². The number of rotatable bonds is 0. The van der Waals surface area contributed by atoms with Gasteiger partial charge in [0.05, 0.1) is 5.41 Å². The lowest BCUT2D eigenvalue weighted by Crippen LogP contribution is -2.29. The van der Waals surface area contributed by atoms with Gasteiger partial charge in [-0.15, -0.1) is 0 Å². The van der Waals surface area contributed by atoms with Crippen molar-refractivity contribution in [3.05, 3.63) is 141 Å². The first-order chi connectivity index (χ1) is 16.2. The third kappa shape index (κ3) is 2.43. The van der Waals surface area contributed by atoms with Crippen LogP contribution in [0.25, 0.3) is 33.4 Å². The SMILES string of the molecule is Clc1ccc2c(c1)C1(c3ccccc3-c3ccccc3-c3ccccc31)c1cc(Cl)ccc1-2. The van der Waals surface area contributed by atoms with Crippen LogP contribution in [0.2, 0.25) is 10.0 Å². The van der Waals surface area contributed by atoms with Crippen molar-refractivity contribution in [3.63, 3.8) is 0 Å². The van der Waals surface area contributed by atoms with Crippen LogP contribution >= 0.6 is 23.2 Å². The fourth-order valence-corrected chi connectivity index (χ4v) is 6.38. The van der Waals surface area contributed by atoms with Crippen molar-refractivity contribution in [2.24, 2.45) is 0 Å². The second kappa shape index (κ2) is 6.84. The summed E-state index contributed by atoms with van der Waals surface area (Å²) in [6.45, 7) is 0. The average Bonchev–Trinajstić information content (AvgIpc) is 3.06. The number of benzene rings is 5. The standard InChI is InChI=1S/C31H18Cl2/c32-19-13-15-25-26-16-14-20(33)18-30(26)31(29(25)17-19)27-11-5-3-9-23(27)21-7-1-2-8-22(21)24-10-4-6-12-28(24)31/h1-18H. The van der Waals surface area contributed by atoms with E-state index >= 15 is 0 Å². The largest absolute Gasteiger partial charge is 0.0843 e. The highest BCUT2D eigenvalue weighted by Gasteiger charge is 2.49. The summed E-state index contributed by atoms with van der Waals surface area (Å²) < 4.78 is 0. The molecule has 0 fully saturated rings. The van der Waals surface area contributed by atoms with Crippen molar-refractivity contribution in [1.82, 2.24) is 0 Å². The van der Waals surface area contributed by atoms with Crippen LogP contribution in [-0.2, 0) is 5.41 Å². The maximum atomic E-state index is 6.66. The van der Waals surface area contributed by atoms with E-state index in [0.29, 0.717) is 0 Å². The second-order valence-electron chi connectivity index (χ2n) is 8.77. The molecule has 2 aliphatic carbocycles. The smallest absolute Gasteiger partial charge is 0.0726 e. The van der Waals surface area contributed by atoms with E-state index in [1.807, 2.05) is 12.1 Å². The Hall–Kier alpha value is -3.32. The zero-order chi connectivity index (χ0) is 22.2. The molecule has 0 saturated carbocycles. The van der Waals surface area contributed by atoms with Crippen molar-refractivity contribution in [2.75, 3.05) is 0 Å². The van der Waals surface area contributed by atoms with E-state index in [0.717, 1.165) is 10.0 Å². The predicted molar refractivity (Wildman–Crippen MR) is 138 cm³/mol. The van der Waals surface area contributed by atoms with Gasteiger partial charge in [-0.1, -0.05) is 108 Å². The summed E-state index contributed by atoms with van der Waals surface area (Å²) >= 11 is 13.3. The summed E-state index contributed by atoms with van der Waals surface area (Å²) in [6, 6.07) is 38.9. The summed E-state index contributed by atoms with van der Waals surface area (Å²) in [5.74, 6) is 0. The molecule has 0 bridgehead atoms. The van der Waals surface area contributed by atoms with E-state index in [4.69, 9.17) is 23.2 Å². The molecule has 0 nitrogen and oxygen atoms in total. The quantitative estimate of drug-likeness (QED) is 0.211. The molecule has 156 valence electrons. The minimum Gasteiger partial charge on any atom is -0.0843 e. The molecular formula is C31H18Cl2. The molecule has 0 amide bonds. The molecule has 7 rings (SSSR count). The first-order valence-corrected chi connectivity index (χ1v) is 11.8. The molecule has 1 spiro atoms. The van der Waals surface area contributed by atoms with E-state index in [9.17, 15) is 0 Å². The third-order valence-corrected chi connectivity index (χ3v) is 7.70. The van der Waals surface area contributed by atoms with Gasteiger partial charge in [-0.05, 0) is 79.9 Å². The summed E-state index contributed by atoms with van der Waals surface area (Å²) in [5, 5.41) is 1.48. The molecule has 0 N–H and O–H groups in total. The maximum Gasteiger partial charge on any atom is 0.0726 e. The van der Waals surface area contributed by atoms with E-state index in [-0.39, 0.29) is 0 Å². The lowest BCUT2D eigenvalue weighted by atomic mass is 9.66. The van der Waals surface area contributed by atoms with Crippen molar-refractivity contribution in [2.45, 2.75) is 5.41 Å². The lowest BCUT2D eigenvalue weighted by Gasteiger charge is -2.35. The number of hydrogen-bond acceptors (Lipinski definition) is 0. The van der Waals surface area contributed by atoms with Crippen LogP contribution in [0.1, 0.15) is 22.3 Å². The predicted octanol–water partition coefficient (Wildman–Crippen LogP) is 9.00. The van der Waals surface area contributed by atoms with Gasteiger partial charge in [-0.3, -0.25) is 0 Å². The van der Waals surface area contributed by atoms with Gasteiger partial charge in [0.15, 0.2) is 0 Å². The zero-order valence-electron chi connectivity index (χ0n) is 17.6. The Bertz CT molecular complexity index is 1470. The third-order valence-electron chi connectivity index (χ3n) is 7.23. The van der Waals surface area contributed by atoms with Gasteiger partial charge in [-0.25, -0.2) is 0 Å². The Morgan fingerprint density at radius 3 is 1.18 bits per heavy atom. The van der Waals surface area contributed by atoms with Gasteiger partial charge in [0.1, 0.15) is 0 Å². The highest BCUT2D eigenvalue weighted by Crippen LogP contribution is 2.61. The molecule has 0 heterocycles. The molecule has 5 aromatic rings. The van der Waals surface area contributed by atoms with Crippen LogP contribution in [-0.4, -0.2) is 0 Å². The summed E-state index contributed by atoms with van der Waals surface area (Å²) in [7, 11) is 0. The van der Waals surface area contributed by atoms with Gasteiger partial charge >= 0.3 is 0 Å². The van der Waals surface area contributed by atoms with Crippen molar-refractivity contribution in [1.29, 1.82) is 0 Å². The molecule has 0 aromatic heterocycles. The van der Waals surface area contributed by atoms with Crippen LogP contribution in [0, 0.1) is 0 Å². The Morgan fingerprint density at radius 2 is 0.727 bits per heavy atom. The van der Waals surface area contributed by atoms with Crippen LogP contribution in [0.3, 0.4) is 0 Å². The monoisotopic (exact) mass is 460 g/mol. The van der Waals surface area contributed by atoms with Crippen molar-refractivity contribution < 1.29 is 0 Å². The van der Waals surface area contributed by atoms with Crippen LogP contribution in [0.15, 0.2) is 109 Å². The Kier molecular flexibility index (Phi) is 3.97. The van der Waals surface area contributed by atoms with E-state index in [1.54, 1.807) is 0 Å². The molecule has 2 aliphatic rings. The molecule has 0 saturated heterocycles. The topological polar surface area (TPSA) is 0 Å². The minimum atomic E-state index is -0.521. The van der Waals surface area contributed by atoms with Gasteiger partial charge in [0.25, 0.3) is 0 Å². The highest BCUT2D eigenvalue weighted by atomic mass is 35.5. The molecule has 0 aliphatic heterocycles. The average molecular weight is 461 g/mol. The van der Waals surface area contributed by atoms with Crippen LogP contribution < -0.4 is 0 Å². The number of halogens is 2. The molecule has 0 unspecified atom stereocenters. The van der Waals surface area contributed by atoms with Crippen molar-refractivity contribution in [3.8, 4) is 33.4 Å².